The highest BCUT2D eigenvalue weighted by Crippen LogP contribution is 2.36. The van der Waals surface area contributed by atoms with E-state index in [1.165, 1.54) is 36.4 Å². The fourth-order valence-corrected chi connectivity index (χ4v) is 5.94. The smallest absolute Gasteiger partial charge is 0.337 e. The number of carboxylic acids is 1. The molecule has 0 saturated carbocycles. The minimum Gasteiger partial charge on any atom is -0.478 e. The number of nitrogens with zero attached hydrogens (tertiary/aromatic N) is 2. The highest BCUT2D eigenvalue weighted by Gasteiger charge is 2.25. The van der Waals surface area contributed by atoms with Crippen molar-refractivity contribution in [1.82, 2.24) is 0 Å². The monoisotopic (exact) mass is 663 g/mol. The van der Waals surface area contributed by atoms with Gasteiger partial charge in [0.15, 0.2) is 0 Å². The molecule has 0 unspecified atom stereocenters. The largest absolute Gasteiger partial charge is 0.478 e. The van der Waals surface area contributed by atoms with E-state index >= 15 is 0 Å². The van der Waals surface area contributed by atoms with Crippen LogP contribution < -0.4 is 5.32 Å². The molecule has 4 rings (SSSR count). The number of anilines is 1. The maximum absolute atomic E-state index is 12.6. The van der Waals surface area contributed by atoms with Crippen molar-refractivity contribution in [3.8, 4) is 0 Å². The van der Waals surface area contributed by atoms with E-state index in [0.29, 0.717) is 30.0 Å². The van der Waals surface area contributed by atoms with Crippen LogP contribution in [-0.4, -0.2) is 62.2 Å². The topological polar surface area (TPSA) is 271 Å². The fraction of sp³-hybridized carbons (Fsp3) is 0. The van der Waals surface area contributed by atoms with Crippen molar-refractivity contribution in [2.75, 3.05) is 5.32 Å². The first kappa shape index (κ1) is 32.0. The van der Waals surface area contributed by atoms with E-state index in [4.69, 9.17) is 0 Å². The van der Waals surface area contributed by atoms with Crippen LogP contribution in [0.1, 0.15) is 31.1 Å². The number of azo groups is 1. The molecule has 0 aromatic heterocycles. The Morgan fingerprint density at radius 2 is 1.25 bits per heavy atom. The first-order valence-electron chi connectivity index (χ1n) is 11.6. The van der Waals surface area contributed by atoms with Gasteiger partial charge in [-0.15, -0.1) is 0 Å². The predicted octanol–water partition coefficient (Wildman–Crippen LogP) is 3.76. The standard InChI is InChI=1S/C25H17N3O13S3/c29-12-13-1-3-14(4-2-13)24(30)26-21-6-5-15(7-20(21)25(31)32)27-28-16-8-18-19(22(9-16)43(36,37)38)10-17(42(33,34)35)11-23(18)44(39,40)41/h1-12H,(H,26,30)(H,31,32)(H,33,34,35)(H,36,37,38)(H,39,40,41)/b28-27+. The summed E-state index contributed by atoms with van der Waals surface area (Å²) in [7, 11) is -15.6. The molecule has 0 aliphatic rings. The Hall–Kier alpha value is -4.92. The zero-order chi connectivity index (χ0) is 32.6. The summed E-state index contributed by atoms with van der Waals surface area (Å²) < 4.78 is 100. The molecule has 0 spiro atoms. The van der Waals surface area contributed by atoms with Crippen LogP contribution in [0, 0.1) is 0 Å². The predicted molar refractivity (Wildman–Crippen MR) is 151 cm³/mol. The molecule has 0 bridgehead atoms. The third-order valence-corrected chi connectivity index (χ3v) is 8.50. The molecular weight excluding hydrogens is 646 g/mol. The first-order chi connectivity index (χ1) is 20.4. The van der Waals surface area contributed by atoms with E-state index in [-0.39, 0.29) is 16.9 Å². The Kier molecular flexibility index (Phi) is 8.46. The number of hydrogen-bond donors (Lipinski definition) is 5. The van der Waals surface area contributed by atoms with Gasteiger partial charge in [-0.2, -0.15) is 35.5 Å². The summed E-state index contributed by atoms with van der Waals surface area (Å²) in [6.45, 7) is 0. The van der Waals surface area contributed by atoms with Crippen LogP contribution in [0.15, 0.2) is 91.6 Å². The molecule has 228 valence electrons. The zero-order valence-electron chi connectivity index (χ0n) is 21.5. The second-order valence-corrected chi connectivity index (χ2v) is 13.0. The van der Waals surface area contributed by atoms with Crippen molar-refractivity contribution < 1.29 is 58.4 Å². The summed E-state index contributed by atoms with van der Waals surface area (Å²) in [6.07, 6.45) is 0.575. The Morgan fingerprint density at radius 1 is 0.682 bits per heavy atom. The van der Waals surface area contributed by atoms with E-state index in [1.54, 1.807) is 0 Å². The van der Waals surface area contributed by atoms with E-state index in [1.807, 2.05) is 0 Å². The van der Waals surface area contributed by atoms with Gasteiger partial charge in [0.05, 0.1) is 27.5 Å². The molecule has 1 amide bonds. The minimum atomic E-state index is -5.25. The molecule has 0 radical (unpaired) electrons. The number of aldehydes is 1. The lowest BCUT2D eigenvalue weighted by molar-refractivity contribution is 0.0697. The highest BCUT2D eigenvalue weighted by atomic mass is 32.2. The van der Waals surface area contributed by atoms with Crippen molar-refractivity contribution in [3.05, 3.63) is 83.4 Å². The van der Waals surface area contributed by atoms with Crippen LogP contribution in [0.2, 0.25) is 0 Å². The van der Waals surface area contributed by atoms with E-state index in [0.717, 1.165) is 12.1 Å². The lowest BCUT2D eigenvalue weighted by Crippen LogP contribution is -2.14. The number of nitrogens with one attached hydrogen (secondary N) is 1. The second-order valence-electron chi connectivity index (χ2n) is 8.81. The lowest BCUT2D eigenvalue weighted by atomic mass is 10.1. The maximum Gasteiger partial charge on any atom is 0.337 e. The average molecular weight is 664 g/mol. The van der Waals surface area contributed by atoms with Crippen LogP contribution in [-0.2, 0) is 30.4 Å². The van der Waals surface area contributed by atoms with Gasteiger partial charge >= 0.3 is 5.97 Å². The molecule has 4 aromatic rings. The molecule has 44 heavy (non-hydrogen) atoms. The Labute approximate surface area is 247 Å². The summed E-state index contributed by atoms with van der Waals surface area (Å²) in [5.74, 6) is -2.18. The number of carboxylic acid groups (broad SMARTS) is 1. The molecule has 16 nitrogen and oxygen atoms in total. The summed E-state index contributed by atoms with van der Waals surface area (Å²) in [6, 6.07) is 11.3. The number of carbonyl (C=O) groups excluding carboxylic acids is 2. The molecule has 4 aromatic carbocycles. The third kappa shape index (κ3) is 6.99. The third-order valence-electron chi connectivity index (χ3n) is 5.88. The van der Waals surface area contributed by atoms with Crippen molar-refractivity contribution in [1.29, 1.82) is 0 Å². The van der Waals surface area contributed by atoms with Crippen molar-refractivity contribution in [2.45, 2.75) is 14.7 Å². The number of hydrogen-bond acceptors (Lipinski definition) is 11. The number of aromatic carboxylic acids is 1. The molecule has 19 heteroatoms. The summed E-state index contributed by atoms with van der Waals surface area (Å²) in [4.78, 5) is 31.9. The van der Waals surface area contributed by atoms with Crippen molar-refractivity contribution in [3.63, 3.8) is 0 Å². The van der Waals surface area contributed by atoms with Gasteiger partial charge in [0.1, 0.15) is 16.1 Å². The number of amides is 1. The van der Waals surface area contributed by atoms with Crippen LogP contribution in [0.5, 0.6) is 0 Å². The Morgan fingerprint density at radius 3 is 1.80 bits per heavy atom. The average Bonchev–Trinajstić information content (AvgIpc) is 2.93. The van der Waals surface area contributed by atoms with E-state index in [2.05, 4.69) is 15.5 Å². The molecular formula is C25H17N3O13S3. The number of fused-ring (bicyclic) bond motifs is 1. The van der Waals surface area contributed by atoms with Gasteiger partial charge in [0.25, 0.3) is 36.3 Å². The molecule has 0 fully saturated rings. The molecule has 0 saturated heterocycles. The molecule has 0 aliphatic carbocycles. The van der Waals surface area contributed by atoms with Gasteiger partial charge in [0.2, 0.25) is 0 Å². The van der Waals surface area contributed by atoms with Crippen LogP contribution in [0.25, 0.3) is 10.8 Å². The van der Waals surface area contributed by atoms with Gasteiger partial charge < -0.3 is 10.4 Å². The number of benzene rings is 4. The van der Waals surface area contributed by atoms with Crippen LogP contribution in [0.3, 0.4) is 0 Å². The van der Waals surface area contributed by atoms with Crippen molar-refractivity contribution >= 4 is 76.4 Å². The summed E-state index contributed by atoms with van der Waals surface area (Å²) in [5.41, 5.74) is -0.761. The fourth-order valence-electron chi connectivity index (χ4n) is 3.89. The Balaban J connectivity index is 1.79. The van der Waals surface area contributed by atoms with E-state index in [9.17, 15) is 58.4 Å². The van der Waals surface area contributed by atoms with Gasteiger partial charge in [-0.1, -0.05) is 12.1 Å². The van der Waals surface area contributed by atoms with Crippen LogP contribution in [0.4, 0.5) is 17.1 Å². The van der Waals surface area contributed by atoms with Gasteiger partial charge in [0, 0.05) is 21.9 Å². The SMILES string of the molecule is O=Cc1ccc(C(=O)Nc2ccc(/N=N/c3cc(S(=O)(=O)O)c4cc(S(=O)(=O)O)cc(S(=O)(=O)O)c4c3)cc2C(=O)O)cc1. The maximum atomic E-state index is 12.6. The summed E-state index contributed by atoms with van der Waals surface area (Å²) >= 11 is 0. The van der Waals surface area contributed by atoms with Gasteiger partial charge in [-0.3, -0.25) is 23.2 Å². The molecule has 0 atom stereocenters. The molecule has 0 aliphatic heterocycles. The minimum absolute atomic E-state index is 0.120. The van der Waals surface area contributed by atoms with Crippen LogP contribution >= 0.6 is 0 Å². The van der Waals surface area contributed by atoms with Crippen molar-refractivity contribution in [2.24, 2.45) is 10.2 Å². The van der Waals surface area contributed by atoms with Gasteiger partial charge in [-0.05, 0) is 54.6 Å². The normalized spacial score (nSPS) is 12.3. The second kappa shape index (κ2) is 11.6. The lowest BCUT2D eigenvalue weighted by Gasteiger charge is -2.11. The summed E-state index contributed by atoms with van der Waals surface area (Å²) in [5, 5.41) is 18.3. The number of carbonyl (C=O) groups is 3. The van der Waals surface area contributed by atoms with Gasteiger partial charge in [-0.25, -0.2) is 4.79 Å². The Bertz CT molecular complexity index is 2230. The zero-order valence-corrected chi connectivity index (χ0v) is 24.0. The molecule has 5 N–H and O–H groups in total. The number of rotatable bonds is 9. The first-order valence-corrected chi connectivity index (χ1v) is 15.9. The molecule has 0 heterocycles. The van der Waals surface area contributed by atoms with E-state index < -0.39 is 78.9 Å². The highest BCUT2D eigenvalue weighted by molar-refractivity contribution is 7.87. The quantitative estimate of drug-likeness (QED) is 0.0970.